The molecule has 2 amide bonds. The van der Waals surface area contributed by atoms with Crippen LogP contribution in [-0.4, -0.2) is 66.2 Å². The molecule has 1 fully saturated rings. The van der Waals surface area contributed by atoms with Crippen molar-refractivity contribution < 1.29 is 14.7 Å². The molecule has 0 saturated heterocycles. The first kappa shape index (κ1) is 18.1. The van der Waals surface area contributed by atoms with Crippen molar-refractivity contribution >= 4 is 23.8 Å². The first-order valence-electron chi connectivity index (χ1n) is 7.51. The zero-order valence-corrected chi connectivity index (χ0v) is 13.7. The molecule has 6 nitrogen and oxygen atoms in total. The molecular formula is C14H27N3O3S. The van der Waals surface area contributed by atoms with Crippen molar-refractivity contribution in [1.82, 2.24) is 15.5 Å². The molecule has 0 aromatic carbocycles. The Hall–Kier alpha value is -0.950. The summed E-state index contributed by atoms with van der Waals surface area (Å²) in [6, 6.07) is -0.587. The number of aliphatic carboxylic acids is 1. The molecule has 0 unspecified atom stereocenters. The van der Waals surface area contributed by atoms with Gasteiger partial charge in [-0.25, -0.2) is 9.59 Å². The van der Waals surface area contributed by atoms with Crippen molar-refractivity contribution in [2.24, 2.45) is 0 Å². The first-order valence-corrected chi connectivity index (χ1v) is 8.90. The highest BCUT2D eigenvalue weighted by atomic mass is 32.2. The van der Waals surface area contributed by atoms with E-state index in [2.05, 4.69) is 22.6 Å². The largest absolute Gasteiger partial charge is 0.480 e. The van der Waals surface area contributed by atoms with E-state index in [1.54, 1.807) is 11.8 Å². The summed E-state index contributed by atoms with van der Waals surface area (Å²) < 4.78 is 0. The summed E-state index contributed by atoms with van der Waals surface area (Å²) in [5.41, 5.74) is 0. The van der Waals surface area contributed by atoms with Gasteiger partial charge in [0.05, 0.1) is 0 Å². The van der Waals surface area contributed by atoms with Gasteiger partial charge < -0.3 is 20.6 Å². The molecule has 0 heterocycles. The van der Waals surface area contributed by atoms with Gasteiger partial charge in [0.1, 0.15) is 6.04 Å². The Bertz CT molecular complexity index is 335. The summed E-state index contributed by atoms with van der Waals surface area (Å²) in [7, 11) is 2.08. The lowest BCUT2D eigenvalue weighted by Crippen LogP contribution is -2.48. The van der Waals surface area contributed by atoms with Crippen molar-refractivity contribution in [2.45, 2.75) is 44.2 Å². The quantitative estimate of drug-likeness (QED) is 0.598. The van der Waals surface area contributed by atoms with Crippen LogP contribution in [0.15, 0.2) is 0 Å². The highest BCUT2D eigenvalue weighted by molar-refractivity contribution is 7.98. The molecule has 0 aromatic rings. The van der Waals surface area contributed by atoms with E-state index < -0.39 is 18.0 Å². The fourth-order valence-corrected chi connectivity index (χ4v) is 3.05. The van der Waals surface area contributed by atoms with E-state index in [0.29, 0.717) is 24.8 Å². The summed E-state index contributed by atoms with van der Waals surface area (Å²) in [5, 5.41) is 14.3. The second kappa shape index (κ2) is 9.89. The smallest absolute Gasteiger partial charge is 0.326 e. The van der Waals surface area contributed by atoms with Gasteiger partial charge in [-0.15, -0.1) is 0 Å². The van der Waals surface area contributed by atoms with Crippen molar-refractivity contribution in [3.63, 3.8) is 0 Å². The molecule has 1 aliphatic rings. The number of carbonyl (C=O) groups excluding carboxylic acids is 1. The minimum Gasteiger partial charge on any atom is -0.480 e. The summed E-state index contributed by atoms with van der Waals surface area (Å²) in [6.07, 6.45) is 7.40. The van der Waals surface area contributed by atoms with Crippen LogP contribution in [0.1, 0.15) is 32.1 Å². The SMILES string of the molecule is CSCC[C@@H](NC(=O)NCCN(C)C1CCCC1)C(=O)O. The maximum Gasteiger partial charge on any atom is 0.326 e. The van der Waals surface area contributed by atoms with Gasteiger partial charge in [-0.3, -0.25) is 0 Å². The van der Waals surface area contributed by atoms with Gasteiger partial charge in [0.2, 0.25) is 0 Å². The maximum atomic E-state index is 11.7. The van der Waals surface area contributed by atoms with Crippen LogP contribution in [0.25, 0.3) is 0 Å². The zero-order chi connectivity index (χ0) is 15.7. The molecule has 0 bridgehead atoms. The fraction of sp³-hybridized carbons (Fsp3) is 0.857. The topological polar surface area (TPSA) is 81.7 Å². The van der Waals surface area contributed by atoms with Crippen LogP contribution in [0.3, 0.4) is 0 Å². The second-order valence-electron chi connectivity index (χ2n) is 5.49. The number of carbonyl (C=O) groups is 2. The molecule has 0 aliphatic heterocycles. The van der Waals surface area contributed by atoms with Crippen LogP contribution in [0.2, 0.25) is 0 Å². The van der Waals surface area contributed by atoms with Crippen LogP contribution in [0.5, 0.6) is 0 Å². The molecular weight excluding hydrogens is 290 g/mol. The highest BCUT2D eigenvalue weighted by Gasteiger charge is 2.20. The van der Waals surface area contributed by atoms with E-state index in [-0.39, 0.29) is 0 Å². The van der Waals surface area contributed by atoms with Crippen LogP contribution in [0, 0.1) is 0 Å². The Morgan fingerprint density at radius 2 is 2.05 bits per heavy atom. The van der Waals surface area contributed by atoms with E-state index in [0.717, 1.165) is 6.54 Å². The van der Waals surface area contributed by atoms with E-state index in [4.69, 9.17) is 5.11 Å². The predicted octanol–water partition coefficient (Wildman–Crippen LogP) is 1.37. The van der Waals surface area contributed by atoms with E-state index in [9.17, 15) is 9.59 Å². The number of nitrogens with one attached hydrogen (secondary N) is 2. The van der Waals surface area contributed by atoms with Gasteiger partial charge >= 0.3 is 12.0 Å². The Balaban J connectivity index is 2.20. The molecule has 1 aliphatic carbocycles. The minimum absolute atomic E-state index is 0.400. The maximum absolute atomic E-state index is 11.7. The molecule has 0 spiro atoms. The summed E-state index contributed by atoms with van der Waals surface area (Å²) in [4.78, 5) is 25.0. The van der Waals surface area contributed by atoms with Gasteiger partial charge in [0.25, 0.3) is 0 Å². The zero-order valence-electron chi connectivity index (χ0n) is 12.9. The number of urea groups is 1. The number of likely N-dealkylation sites (N-methyl/N-ethyl adjacent to an activating group) is 1. The summed E-state index contributed by atoms with van der Waals surface area (Å²) in [6.45, 7) is 1.33. The van der Waals surface area contributed by atoms with Crippen LogP contribution in [-0.2, 0) is 4.79 Å². The van der Waals surface area contributed by atoms with Crippen molar-refractivity contribution in [1.29, 1.82) is 0 Å². The molecule has 7 heteroatoms. The number of nitrogens with zero attached hydrogens (tertiary/aromatic N) is 1. The number of hydrogen-bond acceptors (Lipinski definition) is 4. The molecule has 1 saturated carbocycles. The highest BCUT2D eigenvalue weighted by Crippen LogP contribution is 2.21. The van der Waals surface area contributed by atoms with Crippen LogP contribution < -0.4 is 10.6 Å². The van der Waals surface area contributed by atoms with Crippen molar-refractivity contribution in [3.05, 3.63) is 0 Å². The van der Waals surface area contributed by atoms with Gasteiger partial charge in [-0.05, 0) is 38.3 Å². The van der Waals surface area contributed by atoms with Gasteiger partial charge in [0, 0.05) is 19.1 Å². The average Bonchev–Trinajstić information content (AvgIpc) is 2.97. The minimum atomic E-state index is -0.984. The first-order chi connectivity index (χ1) is 10.0. The predicted molar refractivity (Wildman–Crippen MR) is 85.8 cm³/mol. The van der Waals surface area contributed by atoms with E-state index in [1.165, 1.54) is 25.7 Å². The number of hydrogen-bond donors (Lipinski definition) is 3. The Morgan fingerprint density at radius 3 is 2.62 bits per heavy atom. The molecule has 0 aromatic heterocycles. The number of carboxylic acid groups (broad SMARTS) is 1. The van der Waals surface area contributed by atoms with E-state index >= 15 is 0 Å². The van der Waals surface area contributed by atoms with Crippen LogP contribution in [0.4, 0.5) is 4.79 Å². The third-order valence-corrected chi connectivity index (χ3v) is 4.56. The van der Waals surface area contributed by atoms with Crippen molar-refractivity contribution in [3.8, 4) is 0 Å². The lowest BCUT2D eigenvalue weighted by Gasteiger charge is -2.24. The Labute approximate surface area is 131 Å². The molecule has 21 heavy (non-hydrogen) atoms. The van der Waals surface area contributed by atoms with E-state index in [1.807, 2.05) is 6.26 Å². The monoisotopic (exact) mass is 317 g/mol. The second-order valence-corrected chi connectivity index (χ2v) is 6.48. The number of carboxylic acids is 1. The lowest BCUT2D eigenvalue weighted by atomic mass is 10.2. The summed E-state index contributed by atoms with van der Waals surface area (Å²) >= 11 is 1.57. The van der Waals surface area contributed by atoms with Gasteiger partial charge in [0.15, 0.2) is 0 Å². The van der Waals surface area contributed by atoms with Gasteiger partial charge in [-0.1, -0.05) is 12.8 Å². The third kappa shape index (κ3) is 7.04. The molecule has 1 rings (SSSR count). The van der Waals surface area contributed by atoms with Crippen LogP contribution >= 0.6 is 11.8 Å². The van der Waals surface area contributed by atoms with Crippen molar-refractivity contribution in [2.75, 3.05) is 32.1 Å². The number of amides is 2. The number of thioether (sulfide) groups is 1. The molecule has 0 radical (unpaired) electrons. The van der Waals surface area contributed by atoms with Gasteiger partial charge in [-0.2, -0.15) is 11.8 Å². The summed E-state index contributed by atoms with van der Waals surface area (Å²) in [5.74, 6) is -0.274. The Morgan fingerprint density at radius 1 is 1.38 bits per heavy atom. The molecule has 122 valence electrons. The normalized spacial score (nSPS) is 16.9. The molecule has 1 atom stereocenters. The number of rotatable bonds is 9. The Kier molecular flexibility index (Phi) is 8.52. The molecule has 3 N–H and O–H groups in total. The average molecular weight is 317 g/mol. The third-order valence-electron chi connectivity index (χ3n) is 3.91. The fourth-order valence-electron chi connectivity index (χ4n) is 2.58. The lowest BCUT2D eigenvalue weighted by molar-refractivity contribution is -0.139. The standard InChI is InChI=1S/C14H27N3O3S/c1-17(11-5-3-4-6-11)9-8-15-14(20)16-12(13(18)19)7-10-21-2/h11-12H,3-10H2,1-2H3,(H,18,19)(H2,15,16,20)/t12-/m1/s1.